The highest BCUT2D eigenvalue weighted by molar-refractivity contribution is 9.09. The molecule has 0 aliphatic rings. The Balaban J connectivity index is 3.30. The molecule has 1 atom stereocenters. The Morgan fingerprint density at radius 3 is 2.71 bits per heavy atom. The molecule has 0 heterocycles. The zero-order valence-electron chi connectivity index (χ0n) is 7.53. The van der Waals surface area contributed by atoms with E-state index in [1.54, 1.807) is 12.1 Å². The summed E-state index contributed by atoms with van der Waals surface area (Å²) >= 11 is 3.12. The average molecular weight is 257 g/mol. The molecule has 1 unspecified atom stereocenters. The lowest BCUT2D eigenvalue weighted by Crippen LogP contribution is -2.04. The first-order valence-electron chi connectivity index (χ1n) is 3.99. The van der Waals surface area contributed by atoms with E-state index >= 15 is 0 Å². The van der Waals surface area contributed by atoms with Gasteiger partial charge in [0, 0.05) is 11.1 Å². The molecule has 0 fully saturated rings. The molecule has 1 rings (SSSR count). The number of phenolic OH excluding ortho intramolecular Hbond substituents is 1. The van der Waals surface area contributed by atoms with E-state index in [0.717, 1.165) is 0 Å². The Morgan fingerprint density at radius 2 is 2.21 bits per heavy atom. The standard InChI is InChI=1S/C10H9BrO3/c1-6(13)10(11)9-7(5-12)3-2-4-8(9)14/h2-5,10,14H,1H3. The lowest BCUT2D eigenvalue weighted by molar-refractivity contribution is -0.116. The van der Waals surface area contributed by atoms with Crippen molar-refractivity contribution in [1.29, 1.82) is 0 Å². The smallest absolute Gasteiger partial charge is 0.150 e. The topological polar surface area (TPSA) is 54.4 Å². The molecule has 1 aromatic carbocycles. The van der Waals surface area contributed by atoms with Crippen molar-refractivity contribution >= 4 is 28.0 Å². The molecule has 0 saturated carbocycles. The summed E-state index contributed by atoms with van der Waals surface area (Å²) in [6.07, 6.45) is 0.617. The minimum Gasteiger partial charge on any atom is -0.508 e. The van der Waals surface area contributed by atoms with Crippen molar-refractivity contribution in [3.05, 3.63) is 29.3 Å². The molecule has 0 spiro atoms. The molecule has 4 heteroatoms. The Hall–Kier alpha value is -1.16. The molecule has 0 aromatic heterocycles. The number of aldehydes is 1. The molecule has 14 heavy (non-hydrogen) atoms. The summed E-state index contributed by atoms with van der Waals surface area (Å²) in [6.45, 7) is 1.39. The van der Waals surface area contributed by atoms with Crippen LogP contribution in [0.4, 0.5) is 0 Å². The molecule has 0 amide bonds. The van der Waals surface area contributed by atoms with Gasteiger partial charge in [0.05, 0.1) is 0 Å². The highest BCUT2D eigenvalue weighted by Crippen LogP contribution is 2.33. The maximum Gasteiger partial charge on any atom is 0.150 e. The largest absolute Gasteiger partial charge is 0.508 e. The van der Waals surface area contributed by atoms with Gasteiger partial charge >= 0.3 is 0 Å². The van der Waals surface area contributed by atoms with E-state index in [1.807, 2.05) is 0 Å². The number of hydrogen-bond acceptors (Lipinski definition) is 3. The summed E-state index contributed by atoms with van der Waals surface area (Å²) in [5.74, 6) is -0.207. The van der Waals surface area contributed by atoms with Crippen LogP contribution in [-0.4, -0.2) is 17.2 Å². The van der Waals surface area contributed by atoms with Crippen LogP contribution in [0.3, 0.4) is 0 Å². The van der Waals surface area contributed by atoms with E-state index < -0.39 is 4.83 Å². The lowest BCUT2D eigenvalue weighted by atomic mass is 10.0. The Kier molecular flexibility index (Phi) is 3.41. The molecule has 1 N–H and O–H groups in total. The van der Waals surface area contributed by atoms with Crippen LogP contribution < -0.4 is 0 Å². The van der Waals surface area contributed by atoms with Crippen LogP contribution in [0, 0.1) is 0 Å². The van der Waals surface area contributed by atoms with Crippen LogP contribution in [0.2, 0.25) is 0 Å². The third kappa shape index (κ3) is 2.01. The van der Waals surface area contributed by atoms with E-state index in [2.05, 4.69) is 15.9 Å². The van der Waals surface area contributed by atoms with Gasteiger partial charge in [-0.15, -0.1) is 0 Å². The van der Waals surface area contributed by atoms with Crippen molar-refractivity contribution < 1.29 is 14.7 Å². The van der Waals surface area contributed by atoms with Gasteiger partial charge in [-0.1, -0.05) is 28.1 Å². The number of ketones is 1. The van der Waals surface area contributed by atoms with Gasteiger partial charge in [0.25, 0.3) is 0 Å². The number of carbonyl (C=O) groups excluding carboxylic acids is 2. The van der Waals surface area contributed by atoms with Crippen molar-refractivity contribution in [2.45, 2.75) is 11.8 Å². The number of phenols is 1. The fourth-order valence-electron chi connectivity index (χ4n) is 1.15. The van der Waals surface area contributed by atoms with Gasteiger partial charge in [0.15, 0.2) is 6.29 Å². The van der Waals surface area contributed by atoms with Crippen molar-refractivity contribution in [2.24, 2.45) is 0 Å². The van der Waals surface area contributed by atoms with Gasteiger partial charge in [-0.3, -0.25) is 9.59 Å². The summed E-state index contributed by atoms with van der Waals surface area (Å²) in [5, 5.41) is 9.50. The fourth-order valence-corrected chi connectivity index (χ4v) is 1.65. The third-order valence-electron chi connectivity index (χ3n) is 1.85. The molecule has 0 saturated heterocycles. The maximum atomic E-state index is 11.1. The van der Waals surface area contributed by atoms with Gasteiger partial charge in [-0.2, -0.15) is 0 Å². The number of benzene rings is 1. The summed E-state index contributed by atoms with van der Waals surface area (Å²) in [7, 11) is 0. The van der Waals surface area contributed by atoms with E-state index in [0.29, 0.717) is 17.4 Å². The first-order chi connectivity index (χ1) is 6.57. The normalized spacial score (nSPS) is 12.1. The predicted molar refractivity (Wildman–Crippen MR) is 55.8 cm³/mol. The summed E-state index contributed by atoms with van der Waals surface area (Å²) < 4.78 is 0. The summed E-state index contributed by atoms with van der Waals surface area (Å²) in [5.41, 5.74) is 0.650. The number of hydrogen-bond donors (Lipinski definition) is 1. The minimum absolute atomic E-state index is 0.0494. The van der Waals surface area contributed by atoms with Crippen LogP contribution >= 0.6 is 15.9 Å². The first kappa shape index (κ1) is 10.9. The van der Waals surface area contributed by atoms with Crippen LogP contribution in [0.1, 0.15) is 27.7 Å². The fraction of sp³-hybridized carbons (Fsp3) is 0.200. The van der Waals surface area contributed by atoms with Crippen molar-refractivity contribution in [1.82, 2.24) is 0 Å². The number of rotatable bonds is 3. The second-order valence-corrected chi connectivity index (χ2v) is 3.79. The highest BCUT2D eigenvalue weighted by Gasteiger charge is 2.19. The lowest BCUT2D eigenvalue weighted by Gasteiger charge is -2.10. The van der Waals surface area contributed by atoms with E-state index in [4.69, 9.17) is 0 Å². The van der Waals surface area contributed by atoms with Crippen molar-refractivity contribution in [2.75, 3.05) is 0 Å². The molecule has 0 aliphatic carbocycles. The van der Waals surface area contributed by atoms with E-state index in [-0.39, 0.29) is 11.5 Å². The zero-order chi connectivity index (χ0) is 10.7. The molecule has 3 nitrogen and oxygen atoms in total. The molecule has 0 radical (unpaired) electrons. The van der Waals surface area contributed by atoms with Crippen LogP contribution in [0.15, 0.2) is 18.2 Å². The summed E-state index contributed by atoms with van der Waals surface area (Å²) in [6, 6.07) is 4.56. The van der Waals surface area contributed by atoms with Crippen LogP contribution in [0.25, 0.3) is 0 Å². The number of carbonyl (C=O) groups is 2. The van der Waals surface area contributed by atoms with Crippen molar-refractivity contribution in [3.8, 4) is 5.75 Å². The van der Waals surface area contributed by atoms with Gasteiger partial charge < -0.3 is 5.11 Å². The van der Waals surface area contributed by atoms with Crippen LogP contribution in [0.5, 0.6) is 5.75 Å². The van der Waals surface area contributed by atoms with Crippen molar-refractivity contribution in [3.63, 3.8) is 0 Å². The second kappa shape index (κ2) is 4.37. The van der Waals surface area contributed by atoms with E-state index in [9.17, 15) is 14.7 Å². The Morgan fingerprint density at radius 1 is 1.57 bits per heavy atom. The Labute approximate surface area is 89.9 Å². The zero-order valence-corrected chi connectivity index (χ0v) is 9.11. The maximum absolute atomic E-state index is 11.1. The number of halogens is 1. The predicted octanol–water partition coefficient (Wildman–Crippen LogP) is 2.23. The van der Waals surface area contributed by atoms with Crippen LogP contribution in [-0.2, 0) is 4.79 Å². The van der Waals surface area contributed by atoms with E-state index in [1.165, 1.54) is 13.0 Å². The first-order valence-corrected chi connectivity index (χ1v) is 4.91. The molecule has 1 aromatic rings. The number of Topliss-reactive ketones (excluding diaryl/α,β-unsaturated/α-hetero) is 1. The molecule has 74 valence electrons. The summed E-state index contributed by atoms with van der Waals surface area (Å²) in [4.78, 5) is 21.1. The van der Waals surface area contributed by atoms with Gasteiger partial charge in [0.2, 0.25) is 0 Å². The second-order valence-electron chi connectivity index (χ2n) is 2.87. The Bertz CT molecular complexity index is 374. The minimum atomic E-state index is -0.635. The number of aromatic hydroxyl groups is 1. The quantitative estimate of drug-likeness (QED) is 0.667. The van der Waals surface area contributed by atoms with Gasteiger partial charge in [-0.05, 0) is 13.0 Å². The molecule has 0 aliphatic heterocycles. The molecular formula is C10H9BrO3. The third-order valence-corrected chi connectivity index (χ3v) is 2.96. The SMILES string of the molecule is CC(=O)C(Br)c1c(O)cccc1C=O. The van der Waals surface area contributed by atoms with Gasteiger partial charge in [0.1, 0.15) is 16.4 Å². The molecule has 0 bridgehead atoms. The van der Waals surface area contributed by atoms with Gasteiger partial charge in [-0.25, -0.2) is 0 Å². The monoisotopic (exact) mass is 256 g/mol. The average Bonchev–Trinajstić information content (AvgIpc) is 2.16. The molecular weight excluding hydrogens is 248 g/mol. The highest BCUT2D eigenvalue weighted by atomic mass is 79.9. The number of alkyl halides is 1.